The highest BCUT2D eigenvalue weighted by Gasteiger charge is 2.32. The Hall–Kier alpha value is -2.17. The van der Waals surface area contributed by atoms with Crippen molar-refractivity contribution >= 4 is 17.2 Å². The number of Topliss-reactive ketones (excluding diaryl/α,β-unsaturated/α-hetero) is 1. The van der Waals surface area contributed by atoms with Gasteiger partial charge < -0.3 is 10.4 Å². The summed E-state index contributed by atoms with van der Waals surface area (Å²) in [5.41, 5.74) is 1.01. The van der Waals surface area contributed by atoms with Crippen LogP contribution in [-0.4, -0.2) is 27.6 Å². The molecule has 0 saturated heterocycles. The number of oxime groups is 2. The molecule has 0 heterocycles. The molecule has 1 atom stereocenters. The summed E-state index contributed by atoms with van der Waals surface area (Å²) in [6.07, 6.45) is 0.661. The number of carbonyl (C=O) groups is 1. The van der Waals surface area contributed by atoms with Gasteiger partial charge in [-0.2, -0.15) is 0 Å². The maximum atomic E-state index is 11.7. The molecule has 0 unspecified atom stereocenters. The summed E-state index contributed by atoms with van der Waals surface area (Å²) in [4.78, 5) is 11.7. The average molecular weight is 232 g/mol. The van der Waals surface area contributed by atoms with E-state index in [1.54, 1.807) is 0 Å². The van der Waals surface area contributed by atoms with Crippen molar-refractivity contribution in [3.63, 3.8) is 0 Å². The molecule has 0 radical (unpaired) electrons. The summed E-state index contributed by atoms with van der Waals surface area (Å²) in [5, 5.41) is 23.4. The lowest BCUT2D eigenvalue weighted by Gasteiger charge is -2.22. The summed E-state index contributed by atoms with van der Waals surface area (Å²) in [6.45, 7) is 0. The maximum absolute atomic E-state index is 11.7. The minimum absolute atomic E-state index is 0.0277. The highest BCUT2D eigenvalue weighted by atomic mass is 16.4. The summed E-state index contributed by atoms with van der Waals surface area (Å²) in [5.74, 6) is -0.333. The first-order valence-corrected chi connectivity index (χ1v) is 5.27. The summed E-state index contributed by atoms with van der Waals surface area (Å²) < 4.78 is 0. The molecule has 1 aromatic rings. The van der Waals surface area contributed by atoms with Gasteiger partial charge in [0, 0.05) is 12.8 Å². The minimum atomic E-state index is -0.305. The molecule has 17 heavy (non-hydrogen) atoms. The first-order valence-electron chi connectivity index (χ1n) is 5.27. The van der Waals surface area contributed by atoms with E-state index in [4.69, 9.17) is 10.4 Å². The van der Waals surface area contributed by atoms with Gasteiger partial charge in [0.25, 0.3) is 0 Å². The van der Waals surface area contributed by atoms with E-state index in [1.165, 1.54) is 0 Å². The number of rotatable bonds is 1. The van der Waals surface area contributed by atoms with E-state index in [2.05, 4.69) is 10.3 Å². The molecule has 0 spiro atoms. The molecule has 1 saturated carbocycles. The Labute approximate surface area is 98.1 Å². The molecular weight excluding hydrogens is 220 g/mol. The fourth-order valence-corrected chi connectivity index (χ4v) is 2.05. The predicted octanol–water partition coefficient (Wildman–Crippen LogP) is 1.79. The first-order chi connectivity index (χ1) is 8.26. The van der Waals surface area contributed by atoms with Crippen LogP contribution in [0.2, 0.25) is 0 Å². The van der Waals surface area contributed by atoms with Gasteiger partial charge in [-0.3, -0.25) is 4.79 Å². The van der Waals surface area contributed by atoms with E-state index in [0.29, 0.717) is 6.42 Å². The third kappa shape index (κ3) is 2.18. The van der Waals surface area contributed by atoms with Crippen LogP contribution in [0.25, 0.3) is 0 Å². The molecule has 1 fully saturated rings. The van der Waals surface area contributed by atoms with Crippen LogP contribution < -0.4 is 0 Å². The summed E-state index contributed by atoms with van der Waals surface area (Å²) in [7, 11) is 0. The van der Waals surface area contributed by atoms with Gasteiger partial charge in [0.1, 0.15) is 5.71 Å². The molecule has 88 valence electrons. The lowest BCUT2D eigenvalue weighted by molar-refractivity contribution is -0.113. The lowest BCUT2D eigenvalue weighted by atomic mass is 9.81. The van der Waals surface area contributed by atoms with Crippen LogP contribution in [-0.2, 0) is 4.79 Å². The number of benzene rings is 1. The van der Waals surface area contributed by atoms with Gasteiger partial charge in [0.05, 0.1) is 0 Å². The van der Waals surface area contributed by atoms with Crippen LogP contribution in [0.3, 0.4) is 0 Å². The number of hydrogen-bond acceptors (Lipinski definition) is 5. The van der Waals surface area contributed by atoms with Crippen molar-refractivity contribution in [1.29, 1.82) is 0 Å². The van der Waals surface area contributed by atoms with Gasteiger partial charge in [-0.15, -0.1) is 0 Å². The van der Waals surface area contributed by atoms with Crippen molar-refractivity contribution in [3.8, 4) is 0 Å². The van der Waals surface area contributed by atoms with E-state index in [9.17, 15) is 4.79 Å². The van der Waals surface area contributed by atoms with Crippen molar-refractivity contribution in [1.82, 2.24) is 0 Å². The second-order valence-corrected chi connectivity index (χ2v) is 3.93. The fraction of sp³-hybridized carbons (Fsp3) is 0.250. The standard InChI is InChI=1S/C12H12N2O3/c15-11-7-9(8-4-2-1-3-5-8)6-10(13-16)12(11)14-17/h1-5,9,16-17H,6-7H2/b13-10-,14-12-/t9-/m1/s1. The van der Waals surface area contributed by atoms with Crippen LogP contribution >= 0.6 is 0 Å². The monoisotopic (exact) mass is 232 g/mol. The van der Waals surface area contributed by atoms with Gasteiger partial charge in [-0.1, -0.05) is 40.6 Å². The summed E-state index contributed by atoms with van der Waals surface area (Å²) in [6, 6.07) is 9.54. The van der Waals surface area contributed by atoms with Crippen LogP contribution in [0.4, 0.5) is 0 Å². The molecule has 2 rings (SSSR count). The largest absolute Gasteiger partial charge is 0.411 e. The third-order valence-corrected chi connectivity index (χ3v) is 2.90. The molecule has 1 aliphatic carbocycles. The number of nitrogens with zero attached hydrogens (tertiary/aromatic N) is 2. The minimum Gasteiger partial charge on any atom is -0.411 e. The zero-order chi connectivity index (χ0) is 12.3. The summed E-state index contributed by atoms with van der Waals surface area (Å²) >= 11 is 0. The quantitative estimate of drug-likeness (QED) is 0.572. The number of hydrogen-bond donors (Lipinski definition) is 2. The van der Waals surface area contributed by atoms with Crippen molar-refractivity contribution in [2.75, 3.05) is 0 Å². The first kappa shape index (κ1) is 11.3. The van der Waals surface area contributed by atoms with Gasteiger partial charge >= 0.3 is 0 Å². The zero-order valence-corrected chi connectivity index (χ0v) is 9.08. The van der Waals surface area contributed by atoms with Gasteiger partial charge in [-0.05, 0) is 11.5 Å². The van der Waals surface area contributed by atoms with Gasteiger partial charge in [-0.25, -0.2) is 0 Å². The Kier molecular flexibility index (Phi) is 3.18. The molecule has 2 N–H and O–H groups in total. The van der Waals surface area contributed by atoms with Crippen LogP contribution in [0.1, 0.15) is 24.3 Å². The van der Waals surface area contributed by atoms with Crippen LogP contribution in [0, 0.1) is 0 Å². The van der Waals surface area contributed by atoms with Crippen molar-refractivity contribution in [2.45, 2.75) is 18.8 Å². The predicted molar refractivity (Wildman–Crippen MR) is 61.9 cm³/mol. The molecule has 0 amide bonds. The van der Waals surface area contributed by atoms with Crippen molar-refractivity contribution < 1.29 is 15.2 Å². The Balaban J connectivity index is 2.29. The Morgan fingerprint density at radius 1 is 1.06 bits per heavy atom. The molecule has 5 nitrogen and oxygen atoms in total. The molecular formula is C12H12N2O3. The smallest absolute Gasteiger partial charge is 0.187 e. The normalized spacial score (nSPS) is 25.4. The molecule has 1 aromatic carbocycles. The van der Waals surface area contributed by atoms with E-state index in [1.807, 2.05) is 30.3 Å². The molecule has 0 aliphatic heterocycles. The van der Waals surface area contributed by atoms with Crippen molar-refractivity contribution in [3.05, 3.63) is 35.9 Å². The van der Waals surface area contributed by atoms with E-state index >= 15 is 0 Å². The number of carbonyl (C=O) groups excluding carboxylic acids is 1. The lowest BCUT2D eigenvalue weighted by Crippen LogP contribution is -2.33. The second-order valence-electron chi connectivity index (χ2n) is 3.93. The molecule has 1 aliphatic rings. The average Bonchev–Trinajstić information content (AvgIpc) is 2.38. The Morgan fingerprint density at radius 3 is 2.35 bits per heavy atom. The highest BCUT2D eigenvalue weighted by molar-refractivity contribution is 6.68. The van der Waals surface area contributed by atoms with E-state index in [-0.39, 0.29) is 29.5 Å². The van der Waals surface area contributed by atoms with Crippen LogP contribution in [0.15, 0.2) is 40.6 Å². The number of ketones is 1. The molecule has 0 bridgehead atoms. The van der Waals surface area contributed by atoms with E-state index < -0.39 is 0 Å². The molecule has 0 aromatic heterocycles. The second kappa shape index (κ2) is 4.78. The molecule has 5 heteroatoms. The van der Waals surface area contributed by atoms with Gasteiger partial charge in [0.15, 0.2) is 11.5 Å². The fourth-order valence-electron chi connectivity index (χ4n) is 2.05. The van der Waals surface area contributed by atoms with Gasteiger partial charge in [0.2, 0.25) is 0 Å². The van der Waals surface area contributed by atoms with E-state index in [0.717, 1.165) is 5.56 Å². The highest BCUT2D eigenvalue weighted by Crippen LogP contribution is 2.28. The maximum Gasteiger partial charge on any atom is 0.187 e. The zero-order valence-electron chi connectivity index (χ0n) is 9.08. The SMILES string of the molecule is O=C1C[C@H](c2ccccc2)CC(=N/O)/C1=N/O. The van der Waals surface area contributed by atoms with Crippen molar-refractivity contribution in [2.24, 2.45) is 10.3 Å². The third-order valence-electron chi connectivity index (χ3n) is 2.90. The Morgan fingerprint density at radius 2 is 1.76 bits per heavy atom. The topological polar surface area (TPSA) is 82.2 Å². The van der Waals surface area contributed by atoms with Crippen LogP contribution in [0.5, 0.6) is 0 Å². The Bertz CT molecular complexity index is 480.